The molecular weight excluding hydrogens is 523 g/mol. The van der Waals surface area contributed by atoms with Gasteiger partial charge >= 0.3 is 0 Å². The highest BCUT2D eigenvalue weighted by Crippen LogP contribution is 2.76. The first-order valence-electron chi connectivity index (χ1n) is 17.0. The number of carbonyl (C=O) groups excluding carboxylic acids is 2. The van der Waals surface area contributed by atoms with Gasteiger partial charge in [-0.25, -0.2) is 4.39 Å². The van der Waals surface area contributed by atoms with E-state index in [1.54, 1.807) is 5.57 Å². The molecule has 3 nitrogen and oxygen atoms in total. The quantitative estimate of drug-likeness (QED) is 0.305. The molecule has 4 heteroatoms. The van der Waals surface area contributed by atoms with Crippen LogP contribution in [-0.2, 0) is 14.3 Å². The zero-order valence-corrected chi connectivity index (χ0v) is 27.6. The highest BCUT2D eigenvalue weighted by atomic mass is 19.1. The minimum atomic E-state index is -0.981. The molecule has 42 heavy (non-hydrogen) atoms. The molecule has 0 aromatic carbocycles. The lowest BCUT2D eigenvalue weighted by Gasteiger charge is -2.71. The summed E-state index contributed by atoms with van der Waals surface area (Å²) in [6.07, 6.45) is 15.7. The average molecular weight is 579 g/mol. The molecule has 0 aromatic heterocycles. The Kier molecular flexibility index (Phi) is 6.96. The number of allylic oxidation sites excluding steroid dienone is 5. The summed E-state index contributed by atoms with van der Waals surface area (Å²) >= 11 is 0. The maximum atomic E-state index is 13.9. The molecule has 232 valence electrons. The van der Waals surface area contributed by atoms with Gasteiger partial charge in [-0.15, -0.1) is 0 Å². The summed E-state index contributed by atoms with van der Waals surface area (Å²) in [6.45, 7) is 19.5. The van der Waals surface area contributed by atoms with E-state index in [0.29, 0.717) is 48.8 Å². The summed E-state index contributed by atoms with van der Waals surface area (Å²) in [5.74, 6) is 2.52. The highest BCUT2D eigenvalue weighted by molar-refractivity contribution is 6.00. The summed E-state index contributed by atoms with van der Waals surface area (Å²) in [5, 5.41) is 0. The number of hydrogen-bond donors (Lipinski definition) is 0. The van der Waals surface area contributed by atoms with Crippen molar-refractivity contribution in [3.63, 3.8) is 0 Å². The van der Waals surface area contributed by atoms with E-state index in [9.17, 15) is 14.0 Å². The van der Waals surface area contributed by atoms with Crippen LogP contribution in [0, 0.1) is 50.7 Å². The molecule has 0 aromatic rings. The predicted octanol–water partition coefficient (Wildman–Crippen LogP) is 9.51. The fourth-order valence-electron chi connectivity index (χ4n) is 12.5. The van der Waals surface area contributed by atoms with Crippen molar-refractivity contribution >= 4 is 12.3 Å². The molecule has 0 amide bonds. The predicted molar refractivity (Wildman–Crippen MR) is 166 cm³/mol. The standard InChI is InChI=1S/C38H55FO3/c1-24(2)31-28(41)21-34(5)19-20-36(7)27(32(31)34)9-10-30-35(6)15-13-26(33(3,4)29(35)14-16-37(30,36)8)25-11-17-38(22-39,18-12-25)42-23-40/h11,13,23-24,27,29-30H,9-10,12,14-22H2,1-8H3/t27-,29+,30-,34+,35+,36-,37-,38+/m1/s1. The minimum Gasteiger partial charge on any atom is -0.458 e. The Morgan fingerprint density at radius 2 is 1.67 bits per heavy atom. The van der Waals surface area contributed by atoms with Gasteiger partial charge in [-0.1, -0.05) is 73.1 Å². The van der Waals surface area contributed by atoms with Crippen molar-refractivity contribution in [1.82, 2.24) is 0 Å². The number of alkyl halides is 1. The Bertz CT molecular complexity index is 1270. The molecule has 0 saturated heterocycles. The van der Waals surface area contributed by atoms with Crippen molar-refractivity contribution in [3.05, 3.63) is 34.4 Å². The number of ketones is 1. The van der Waals surface area contributed by atoms with Gasteiger partial charge in [0.25, 0.3) is 6.47 Å². The Balaban J connectivity index is 1.34. The number of rotatable bonds is 5. The highest BCUT2D eigenvalue weighted by Gasteiger charge is 2.69. The second-order valence-electron chi connectivity index (χ2n) is 17.3. The SMILES string of the molecule is CC(C)C1=C2[C@H]3CC[C@@H]4[C@@]5(C)CC=C(C6=CC[C@](CF)(OC=O)CC6)C(C)(C)[C@@H]5CC[C@@]4(C)[C@]3(C)CC[C@@]2(C)CC1=O. The molecule has 8 atom stereocenters. The Hall–Kier alpha value is -1.71. The second kappa shape index (κ2) is 9.64. The van der Waals surface area contributed by atoms with Crippen LogP contribution in [0.2, 0.25) is 0 Å². The fraction of sp³-hybridized carbons (Fsp3) is 0.789. The number of Topliss-reactive ketones (excluding diaryl/α,β-unsaturated/α-hetero) is 1. The van der Waals surface area contributed by atoms with E-state index in [2.05, 4.69) is 67.5 Å². The van der Waals surface area contributed by atoms with Crippen LogP contribution in [-0.4, -0.2) is 24.5 Å². The van der Waals surface area contributed by atoms with Crippen molar-refractivity contribution in [3.8, 4) is 0 Å². The third-order valence-corrected chi connectivity index (χ3v) is 14.8. The van der Waals surface area contributed by atoms with Gasteiger partial charge in [0, 0.05) is 12.8 Å². The lowest BCUT2D eigenvalue weighted by Crippen LogP contribution is -2.64. The maximum absolute atomic E-state index is 13.9. The fourth-order valence-corrected chi connectivity index (χ4v) is 12.5. The van der Waals surface area contributed by atoms with Crippen molar-refractivity contribution < 1.29 is 18.7 Å². The number of fused-ring (bicyclic) bond motifs is 7. The molecule has 0 N–H and O–H groups in total. The lowest BCUT2D eigenvalue weighted by molar-refractivity contribution is -0.198. The number of hydrogen-bond acceptors (Lipinski definition) is 3. The van der Waals surface area contributed by atoms with Crippen molar-refractivity contribution in [2.45, 2.75) is 132 Å². The molecule has 3 fully saturated rings. The summed E-state index contributed by atoms with van der Waals surface area (Å²) in [6, 6.07) is 0. The van der Waals surface area contributed by atoms with E-state index in [1.807, 2.05) is 0 Å². The largest absolute Gasteiger partial charge is 0.458 e. The van der Waals surface area contributed by atoms with E-state index < -0.39 is 12.3 Å². The molecule has 6 aliphatic rings. The molecule has 6 aliphatic carbocycles. The van der Waals surface area contributed by atoms with Gasteiger partial charge in [-0.2, -0.15) is 0 Å². The van der Waals surface area contributed by atoms with Gasteiger partial charge in [0.2, 0.25) is 0 Å². The topological polar surface area (TPSA) is 43.4 Å². The molecule has 3 saturated carbocycles. The van der Waals surface area contributed by atoms with Gasteiger partial charge in [0.05, 0.1) is 0 Å². The smallest absolute Gasteiger partial charge is 0.293 e. The molecular formula is C38H55FO3. The van der Waals surface area contributed by atoms with E-state index in [1.165, 1.54) is 48.8 Å². The van der Waals surface area contributed by atoms with Gasteiger partial charge in [0.15, 0.2) is 5.78 Å². The van der Waals surface area contributed by atoms with Crippen LogP contribution in [0.1, 0.15) is 126 Å². The summed E-state index contributed by atoms with van der Waals surface area (Å²) in [4.78, 5) is 24.4. The average Bonchev–Trinajstić information content (AvgIpc) is 3.20. The van der Waals surface area contributed by atoms with Crippen LogP contribution in [0.15, 0.2) is 34.4 Å². The zero-order valence-electron chi connectivity index (χ0n) is 27.6. The maximum Gasteiger partial charge on any atom is 0.293 e. The van der Waals surface area contributed by atoms with E-state index in [4.69, 9.17) is 4.74 Å². The van der Waals surface area contributed by atoms with Gasteiger partial charge in [-0.3, -0.25) is 9.59 Å². The minimum absolute atomic E-state index is 0.0372. The molecule has 0 unspecified atom stereocenters. The molecule has 0 aliphatic heterocycles. The van der Waals surface area contributed by atoms with Crippen molar-refractivity contribution in [1.29, 1.82) is 0 Å². The summed E-state index contributed by atoms with van der Waals surface area (Å²) in [7, 11) is 0. The first kappa shape index (κ1) is 30.3. The van der Waals surface area contributed by atoms with Crippen LogP contribution < -0.4 is 0 Å². The van der Waals surface area contributed by atoms with Crippen LogP contribution in [0.4, 0.5) is 4.39 Å². The van der Waals surface area contributed by atoms with Crippen LogP contribution in [0.5, 0.6) is 0 Å². The number of halogens is 1. The molecule has 0 radical (unpaired) electrons. The van der Waals surface area contributed by atoms with Gasteiger partial charge in [-0.05, 0) is 125 Å². The summed E-state index contributed by atoms with van der Waals surface area (Å²) < 4.78 is 19.1. The third-order valence-electron chi connectivity index (χ3n) is 14.8. The van der Waals surface area contributed by atoms with E-state index in [0.717, 1.165) is 25.7 Å². The number of carbonyl (C=O) groups is 2. The molecule has 0 spiro atoms. The molecule has 0 heterocycles. The van der Waals surface area contributed by atoms with Gasteiger partial charge in [0.1, 0.15) is 12.3 Å². The first-order chi connectivity index (χ1) is 19.6. The van der Waals surface area contributed by atoms with E-state index in [-0.39, 0.29) is 27.1 Å². The van der Waals surface area contributed by atoms with Crippen LogP contribution >= 0.6 is 0 Å². The van der Waals surface area contributed by atoms with Crippen LogP contribution in [0.25, 0.3) is 0 Å². The monoisotopic (exact) mass is 578 g/mol. The zero-order chi connectivity index (χ0) is 30.5. The number of ether oxygens (including phenoxy) is 1. The molecule has 0 bridgehead atoms. The summed E-state index contributed by atoms with van der Waals surface area (Å²) in [5.41, 5.74) is 5.39. The third kappa shape index (κ3) is 3.87. The van der Waals surface area contributed by atoms with Gasteiger partial charge < -0.3 is 4.74 Å². The van der Waals surface area contributed by atoms with Crippen molar-refractivity contribution in [2.24, 2.45) is 50.7 Å². The van der Waals surface area contributed by atoms with Crippen molar-refractivity contribution in [2.75, 3.05) is 6.67 Å². The Morgan fingerprint density at radius 1 is 0.929 bits per heavy atom. The molecule has 6 rings (SSSR count). The Labute approximate surface area is 254 Å². The van der Waals surface area contributed by atoms with Crippen LogP contribution in [0.3, 0.4) is 0 Å². The second-order valence-corrected chi connectivity index (χ2v) is 17.3. The normalized spacial score (nSPS) is 46.2. The first-order valence-corrected chi connectivity index (χ1v) is 17.0. The van der Waals surface area contributed by atoms with E-state index >= 15 is 0 Å². The lowest BCUT2D eigenvalue weighted by atomic mass is 9.33. The Morgan fingerprint density at radius 3 is 2.29 bits per heavy atom.